The van der Waals surface area contributed by atoms with Gasteiger partial charge in [-0.15, -0.1) is 0 Å². The predicted octanol–water partition coefficient (Wildman–Crippen LogP) is 3.50. The molecule has 1 aliphatic rings. The molecule has 2 amide bonds. The number of para-hydroxylation sites is 2. The van der Waals surface area contributed by atoms with Crippen LogP contribution < -0.4 is 15.1 Å². The molecule has 1 aromatic heterocycles. The fourth-order valence-electron chi connectivity index (χ4n) is 3.12. The van der Waals surface area contributed by atoms with Crippen LogP contribution in [0, 0.1) is 0 Å². The van der Waals surface area contributed by atoms with Crippen LogP contribution >= 0.6 is 11.6 Å². The second-order valence-electron chi connectivity index (χ2n) is 6.23. The molecule has 0 radical (unpaired) electrons. The molecule has 4 rings (SSSR count). The van der Waals surface area contributed by atoms with E-state index < -0.39 is 0 Å². The van der Waals surface area contributed by atoms with Gasteiger partial charge in [0, 0.05) is 12.7 Å². The van der Waals surface area contributed by atoms with Gasteiger partial charge < -0.3 is 10.2 Å². The Labute approximate surface area is 166 Å². The molecule has 0 aliphatic carbocycles. The monoisotopic (exact) mass is 393 g/mol. The van der Waals surface area contributed by atoms with Gasteiger partial charge in [0.05, 0.1) is 17.4 Å². The number of carbonyl (C=O) groups excluding carboxylic acids is 2. The molecular formula is C20H16ClN5O2. The van der Waals surface area contributed by atoms with E-state index in [-0.39, 0.29) is 23.6 Å². The molecular weight excluding hydrogens is 378 g/mol. The van der Waals surface area contributed by atoms with Crippen molar-refractivity contribution in [2.24, 2.45) is 0 Å². The lowest BCUT2D eigenvalue weighted by molar-refractivity contribution is -0.114. The summed E-state index contributed by atoms with van der Waals surface area (Å²) in [7, 11) is 1.79. The number of nitrogens with zero attached hydrogens (tertiary/aromatic N) is 4. The van der Waals surface area contributed by atoms with Crippen molar-refractivity contribution in [3.63, 3.8) is 0 Å². The molecule has 28 heavy (non-hydrogen) atoms. The Morgan fingerprint density at radius 2 is 1.79 bits per heavy atom. The maximum Gasteiger partial charge on any atom is 0.261 e. The number of amides is 2. The first-order valence-electron chi connectivity index (χ1n) is 8.56. The molecule has 2 heterocycles. The lowest BCUT2D eigenvalue weighted by Gasteiger charge is -2.22. The number of nitrogens with one attached hydrogen (secondary N) is 1. The molecule has 8 heteroatoms. The van der Waals surface area contributed by atoms with Gasteiger partial charge in [-0.25, -0.2) is 4.98 Å². The molecule has 0 spiro atoms. The van der Waals surface area contributed by atoms with Gasteiger partial charge in [0.15, 0.2) is 5.82 Å². The van der Waals surface area contributed by atoms with Crippen LogP contribution in [0.1, 0.15) is 10.4 Å². The minimum absolute atomic E-state index is 0.0612. The summed E-state index contributed by atoms with van der Waals surface area (Å²) in [5.74, 6) is -0.191. The fourth-order valence-corrected chi connectivity index (χ4v) is 3.25. The summed E-state index contributed by atoms with van der Waals surface area (Å²) in [6.45, 7) is -0.187. The number of hydrogen-bond donors (Lipinski definition) is 1. The number of benzene rings is 2. The van der Waals surface area contributed by atoms with E-state index in [9.17, 15) is 9.59 Å². The van der Waals surface area contributed by atoms with Crippen LogP contribution in [0.2, 0.25) is 5.28 Å². The largest absolute Gasteiger partial charge is 0.327 e. The average molecular weight is 394 g/mol. The molecule has 0 unspecified atom stereocenters. The van der Waals surface area contributed by atoms with Gasteiger partial charge in [-0.2, -0.15) is 4.98 Å². The minimum atomic E-state index is -0.331. The van der Waals surface area contributed by atoms with E-state index in [2.05, 4.69) is 15.3 Å². The zero-order valence-electron chi connectivity index (χ0n) is 15.0. The maximum atomic E-state index is 13.2. The SMILES string of the molecule is CN1c2ccccc2C(=O)N(CC(=O)Nc2ccccc2)c2cnc(Cl)nc21. The van der Waals surface area contributed by atoms with Crippen LogP contribution in [0.4, 0.5) is 22.9 Å². The Kier molecular flexibility index (Phi) is 4.67. The van der Waals surface area contributed by atoms with Crippen molar-refractivity contribution in [3.8, 4) is 0 Å². The maximum absolute atomic E-state index is 13.2. The van der Waals surface area contributed by atoms with Crippen LogP contribution in [-0.4, -0.2) is 35.4 Å². The molecule has 2 aromatic carbocycles. The van der Waals surface area contributed by atoms with Crippen LogP contribution in [0.15, 0.2) is 60.8 Å². The number of carbonyl (C=O) groups is 2. The van der Waals surface area contributed by atoms with Crippen LogP contribution in [-0.2, 0) is 4.79 Å². The summed E-state index contributed by atoms with van der Waals surface area (Å²) < 4.78 is 0. The summed E-state index contributed by atoms with van der Waals surface area (Å²) in [6.07, 6.45) is 1.46. The van der Waals surface area contributed by atoms with E-state index in [0.29, 0.717) is 28.4 Å². The molecule has 0 atom stereocenters. The molecule has 3 aromatic rings. The Bertz CT molecular complexity index is 1060. The third-order valence-electron chi connectivity index (χ3n) is 4.43. The summed E-state index contributed by atoms with van der Waals surface area (Å²) in [4.78, 5) is 37.3. The molecule has 0 saturated heterocycles. The van der Waals surface area contributed by atoms with Gasteiger partial charge >= 0.3 is 0 Å². The van der Waals surface area contributed by atoms with Crippen molar-refractivity contribution < 1.29 is 9.59 Å². The number of hydrogen-bond acceptors (Lipinski definition) is 5. The third-order valence-corrected chi connectivity index (χ3v) is 4.61. The highest BCUT2D eigenvalue weighted by atomic mass is 35.5. The molecule has 1 N–H and O–H groups in total. The number of aromatic nitrogens is 2. The van der Waals surface area contributed by atoms with E-state index in [1.165, 1.54) is 11.1 Å². The Morgan fingerprint density at radius 1 is 1.07 bits per heavy atom. The van der Waals surface area contributed by atoms with Crippen molar-refractivity contribution in [2.45, 2.75) is 0 Å². The third kappa shape index (κ3) is 3.27. The number of halogens is 1. The fraction of sp³-hybridized carbons (Fsp3) is 0.100. The number of rotatable bonds is 3. The van der Waals surface area contributed by atoms with Crippen LogP contribution in [0.3, 0.4) is 0 Å². The van der Waals surface area contributed by atoms with Crippen molar-refractivity contribution in [1.82, 2.24) is 9.97 Å². The highest BCUT2D eigenvalue weighted by Crippen LogP contribution is 2.38. The normalized spacial score (nSPS) is 12.9. The summed E-state index contributed by atoms with van der Waals surface area (Å²) in [6, 6.07) is 16.2. The van der Waals surface area contributed by atoms with E-state index >= 15 is 0 Å². The van der Waals surface area contributed by atoms with Crippen molar-refractivity contribution >= 4 is 46.3 Å². The van der Waals surface area contributed by atoms with E-state index in [1.807, 2.05) is 30.3 Å². The predicted molar refractivity (Wildman–Crippen MR) is 108 cm³/mol. The molecule has 0 saturated carbocycles. The smallest absolute Gasteiger partial charge is 0.261 e. The summed E-state index contributed by atoms with van der Waals surface area (Å²) in [5.41, 5.74) is 2.21. The standard InChI is InChI=1S/C20H16ClN5O2/c1-25-15-10-6-5-9-14(15)19(28)26(16-11-22-20(21)24-18(16)25)12-17(27)23-13-7-3-2-4-8-13/h2-11H,12H2,1H3,(H,23,27). The zero-order valence-corrected chi connectivity index (χ0v) is 15.7. The Morgan fingerprint density at radius 3 is 2.57 bits per heavy atom. The van der Waals surface area contributed by atoms with Gasteiger partial charge in [-0.3, -0.25) is 14.5 Å². The van der Waals surface area contributed by atoms with E-state index in [0.717, 1.165) is 0 Å². The highest BCUT2D eigenvalue weighted by Gasteiger charge is 2.32. The first-order chi connectivity index (χ1) is 13.5. The minimum Gasteiger partial charge on any atom is -0.327 e. The van der Waals surface area contributed by atoms with Gasteiger partial charge in [-0.1, -0.05) is 30.3 Å². The molecule has 140 valence electrons. The first kappa shape index (κ1) is 17.9. The Hall–Kier alpha value is -3.45. The quantitative estimate of drug-likeness (QED) is 0.689. The second-order valence-corrected chi connectivity index (χ2v) is 6.57. The summed E-state index contributed by atoms with van der Waals surface area (Å²) in [5, 5.41) is 2.86. The number of anilines is 4. The van der Waals surface area contributed by atoms with Crippen molar-refractivity contribution in [2.75, 3.05) is 28.7 Å². The molecule has 7 nitrogen and oxygen atoms in total. The van der Waals surface area contributed by atoms with Crippen molar-refractivity contribution in [1.29, 1.82) is 0 Å². The zero-order chi connectivity index (χ0) is 19.7. The van der Waals surface area contributed by atoms with Crippen LogP contribution in [0.5, 0.6) is 0 Å². The Balaban J connectivity index is 1.74. The summed E-state index contributed by atoms with van der Waals surface area (Å²) >= 11 is 5.99. The lowest BCUT2D eigenvalue weighted by Crippen LogP contribution is -2.38. The van der Waals surface area contributed by atoms with Crippen LogP contribution in [0.25, 0.3) is 0 Å². The molecule has 0 fully saturated rings. The molecule has 1 aliphatic heterocycles. The topological polar surface area (TPSA) is 78.4 Å². The van der Waals surface area contributed by atoms with Gasteiger partial charge in [0.1, 0.15) is 12.2 Å². The number of fused-ring (bicyclic) bond motifs is 2. The average Bonchev–Trinajstić information content (AvgIpc) is 2.79. The van der Waals surface area contributed by atoms with Crippen molar-refractivity contribution in [3.05, 3.63) is 71.6 Å². The van der Waals surface area contributed by atoms with Gasteiger partial charge in [0.2, 0.25) is 11.2 Å². The van der Waals surface area contributed by atoms with E-state index in [4.69, 9.17) is 11.6 Å². The molecule has 0 bridgehead atoms. The highest BCUT2D eigenvalue weighted by molar-refractivity contribution is 6.28. The first-order valence-corrected chi connectivity index (χ1v) is 8.94. The van der Waals surface area contributed by atoms with Gasteiger partial charge in [0.25, 0.3) is 5.91 Å². The van der Waals surface area contributed by atoms with Gasteiger partial charge in [-0.05, 0) is 35.9 Å². The van der Waals surface area contributed by atoms with E-state index in [1.54, 1.807) is 36.2 Å². The lowest BCUT2D eigenvalue weighted by atomic mass is 10.1. The second kappa shape index (κ2) is 7.28.